The quantitative estimate of drug-likeness (QED) is 0.334. The summed E-state index contributed by atoms with van der Waals surface area (Å²) in [6.45, 7) is 7.07. The topological polar surface area (TPSA) is 69.0 Å². The van der Waals surface area contributed by atoms with Gasteiger partial charge in [0.05, 0.1) is 30.7 Å². The van der Waals surface area contributed by atoms with E-state index in [1.165, 1.54) is 0 Å². The number of benzene rings is 2. The summed E-state index contributed by atoms with van der Waals surface area (Å²) in [5.41, 5.74) is 2.01. The first-order chi connectivity index (χ1) is 16.4. The Morgan fingerprint density at radius 3 is 2.56 bits per heavy atom. The smallest absolute Gasteiger partial charge is 0.290 e. The number of methoxy groups -OCH3 is 1. The minimum atomic E-state index is -0.578. The average Bonchev–Trinajstić information content (AvgIpc) is 3.10. The zero-order valence-corrected chi connectivity index (χ0v) is 20.8. The van der Waals surface area contributed by atoms with Crippen LogP contribution in [0.2, 0.25) is 5.02 Å². The monoisotopic (exact) mass is 483 g/mol. The minimum absolute atomic E-state index is 0.0940. The summed E-state index contributed by atoms with van der Waals surface area (Å²) in [6.07, 6.45) is 3.92. The van der Waals surface area contributed by atoms with E-state index in [2.05, 4.69) is 6.92 Å². The van der Waals surface area contributed by atoms with Crippen molar-refractivity contribution in [3.05, 3.63) is 68.0 Å². The van der Waals surface area contributed by atoms with Gasteiger partial charge < -0.3 is 18.8 Å². The van der Waals surface area contributed by atoms with Gasteiger partial charge in [-0.15, -0.1) is 0 Å². The molecule has 0 N–H and O–H groups in total. The number of hydrogen-bond donors (Lipinski definition) is 0. The molecule has 0 saturated heterocycles. The summed E-state index contributed by atoms with van der Waals surface area (Å²) < 4.78 is 17.5. The Bertz CT molecular complexity index is 1280. The first kappa shape index (κ1) is 24.1. The first-order valence-electron chi connectivity index (χ1n) is 11.8. The van der Waals surface area contributed by atoms with Crippen LogP contribution >= 0.6 is 11.6 Å². The molecule has 1 aliphatic rings. The SMILES string of the molecule is CCCCCOc1ccc(C2c3c(oc4cc(C)c(Cl)cc4c3=O)C(=O)N2CCC)cc1OC. The molecule has 0 bridgehead atoms. The number of ether oxygens (including phenoxy) is 2. The number of carbonyl (C=O) groups is 1. The maximum absolute atomic E-state index is 13.6. The summed E-state index contributed by atoms with van der Waals surface area (Å²) in [7, 11) is 1.59. The number of nitrogens with zero attached hydrogens (tertiary/aromatic N) is 1. The lowest BCUT2D eigenvalue weighted by atomic mass is 9.97. The van der Waals surface area contributed by atoms with E-state index in [0.717, 1.165) is 36.8 Å². The molecule has 3 aromatic rings. The average molecular weight is 484 g/mol. The van der Waals surface area contributed by atoms with E-state index in [0.29, 0.717) is 46.2 Å². The molecule has 7 heteroatoms. The summed E-state index contributed by atoms with van der Waals surface area (Å²) in [6, 6.07) is 8.32. The molecule has 34 heavy (non-hydrogen) atoms. The second-order valence-electron chi connectivity index (χ2n) is 8.64. The van der Waals surface area contributed by atoms with Crippen molar-refractivity contribution < 1.29 is 18.7 Å². The van der Waals surface area contributed by atoms with Crippen LogP contribution in [0.25, 0.3) is 11.0 Å². The van der Waals surface area contributed by atoms with E-state index in [-0.39, 0.29) is 17.1 Å². The number of amides is 1. The van der Waals surface area contributed by atoms with Crippen molar-refractivity contribution in [1.82, 2.24) is 4.90 Å². The molecule has 1 unspecified atom stereocenters. The van der Waals surface area contributed by atoms with Crippen LogP contribution < -0.4 is 14.9 Å². The molecule has 2 heterocycles. The number of hydrogen-bond acceptors (Lipinski definition) is 5. The van der Waals surface area contributed by atoms with Crippen molar-refractivity contribution in [2.75, 3.05) is 20.3 Å². The number of halogens is 1. The largest absolute Gasteiger partial charge is 0.493 e. The first-order valence-corrected chi connectivity index (χ1v) is 12.2. The summed E-state index contributed by atoms with van der Waals surface area (Å²) >= 11 is 6.30. The van der Waals surface area contributed by atoms with Gasteiger partial charge in [-0.05, 0) is 55.2 Å². The lowest BCUT2D eigenvalue weighted by Crippen LogP contribution is -2.30. The molecule has 4 rings (SSSR count). The van der Waals surface area contributed by atoms with Crippen molar-refractivity contribution in [2.24, 2.45) is 0 Å². The molecule has 1 aromatic heterocycles. The fraction of sp³-hybridized carbons (Fsp3) is 0.407. The molecular weight excluding hydrogens is 454 g/mol. The molecule has 0 fully saturated rings. The maximum Gasteiger partial charge on any atom is 0.290 e. The molecule has 1 aliphatic heterocycles. The van der Waals surface area contributed by atoms with Crippen LogP contribution in [0.3, 0.4) is 0 Å². The van der Waals surface area contributed by atoms with Gasteiger partial charge in [-0.25, -0.2) is 0 Å². The molecule has 1 amide bonds. The number of rotatable bonds is 9. The van der Waals surface area contributed by atoms with Crippen molar-refractivity contribution in [3.63, 3.8) is 0 Å². The van der Waals surface area contributed by atoms with Crippen LogP contribution in [0.4, 0.5) is 0 Å². The van der Waals surface area contributed by atoms with Gasteiger partial charge in [0.2, 0.25) is 5.76 Å². The molecule has 1 atom stereocenters. The molecule has 0 radical (unpaired) electrons. The Kier molecular flexibility index (Phi) is 7.17. The molecule has 0 saturated carbocycles. The highest BCUT2D eigenvalue weighted by Crippen LogP contribution is 2.41. The second kappa shape index (κ2) is 10.1. The predicted molar refractivity (Wildman–Crippen MR) is 133 cm³/mol. The fourth-order valence-electron chi connectivity index (χ4n) is 4.47. The molecule has 180 valence electrons. The van der Waals surface area contributed by atoms with Gasteiger partial charge in [-0.1, -0.05) is 44.4 Å². The Hall–Kier alpha value is -2.99. The van der Waals surface area contributed by atoms with Crippen LogP contribution in [0, 0.1) is 6.92 Å². The standard InChI is InChI=1S/C27H30ClNO5/c1-5-7-8-12-33-20-10-9-17(14-22(20)32-4)24-23-25(30)18-15-19(28)16(3)13-21(18)34-26(23)27(31)29(24)11-6-2/h9-10,13-15,24H,5-8,11-12H2,1-4H3. The Morgan fingerprint density at radius 2 is 1.85 bits per heavy atom. The number of unbranched alkanes of at least 4 members (excludes halogenated alkanes) is 2. The summed E-state index contributed by atoms with van der Waals surface area (Å²) in [5, 5.41) is 0.852. The maximum atomic E-state index is 13.6. The van der Waals surface area contributed by atoms with Gasteiger partial charge in [-0.2, -0.15) is 0 Å². The Morgan fingerprint density at radius 1 is 1.06 bits per heavy atom. The highest BCUT2D eigenvalue weighted by molar-refractivity contribution is 6.32. The third kappa shape index (κ3) is 4.27. The van der Waals surface area contributed by atoms with E-state index in [1.54, 1.807) is 24.1 Å². The summed E-state index contributed by atoms with van der Waals surface area (Å²) in [5.74, 6) is 1.01. The van der Waals surface area contributed by atoms with Crippen LogP contribution in [0.15, 0.2) is 39.5 Å². The van der Waals surface area contributed by atoms with Crippen molar-refractivity contribution >= 4 is 28.5 Å². The lowest BCUT2D eigenvalue weighted by Gasteiger charge is -2.25. The molecule has 0 spiro atoms. The van der Waals surface area contributed by atoms with Gasteiger partial charge in [0, 0.05) is 11.6 Å². The van der Waals surface area contributed by atoms with E-state index < -0.39 is 6.04 Å². The lowest BCUT2D eigenvalue weighted by molar-refractivity contribution is 0.0728. The van der Waals surface area contributed by atoms with Crippen molar-refractivity contribution in [3.8, 4) is 11.5 Å². The van der Waals surface area contributed by atoms with Gasteiger partial charge in [0.15, 0.2) is 16.9 Å². The van der Waals surface area contributed by atoms with Crippen LogP contribution in [0.5, 0.6) is 11.5 Å². The van der Waals surface area contributed by atoms with Gasteiger partial charge in [-0.3, -0.25) is 9.59 Å². The molecule has 0 aliphatic carbocycles. The zero-order chi connectivity index (χ0) is 24.4. The summed E-state index contributed by atoms with van der Waals surface area (Å²) in [4.78, 5) is 28.7. The van der Waals surface area contributed by atoms with E-state index in [1.807, 2.05) is 32.0 Å². The molecule has 2 aromatic carbocycles. The fourth-order valence-corrected chi connectivity index (χ4v) is 4.63. The Balaban J connectivity index is 1.83. The third-order valence-electron chi connectivity index (χ3n) is 6.22. The minimum Gasteiger partial charge on any atom is -0.493 e. The highest BCUT2D eigenvalue weighted by Gasteiger charge is 2.42. The number of carbonyl (C=O) groups excluding carboxylic acids is 1. The van der Waals surface area contributed by atoms with Gasteiger partial charge in [0.1, 0.15) is 5.58 Å². The van der Waals surface area contributed by atoms with Crippen molar-refractivity contribution in [2.45, 2.75) is 52.5 Å². The highest BCUT2D eigenvalue weighted by atomic mass is 35.5. The van der Waals surface area contributed by atoms with E-state index in [9.17, 15) is 9.59 Å². The van der Waals surface area contributed by atoms with Crippen LogP contribution in [0.1, 0.15) is 72.8 Å². The molecular formula is C27H30ClNO5. The Labute approximate surface area is 204 Å². The predicted octanol–water partition coefficient (Wildman–Crippen LogP) is 6.29. The number of aryl methyl sites for hydroxylation is 1. The third-order valence-corrected chi connectivity index (χ3v) is 6.63. The van der Waals surface area contributed by atoms with Gasteiger partial charge >= 0.3 is 0 Å². The molecule has 6 nitrogen and oxygen atoms in total. The van der Waals surface area contributed by atoms with Crippen LogP contribution in [-0.2, 0) is 0 Å². The normalized spacial score (nSPS) is 15.1. The second-order valence-corrected chi connectivity index (χ2v) is 9.05. The van der Waals surface area contributed by atoms with Crippen molar-refractivity contribution in [1.29, 1.82) is 0 Å². The van der Waals surface area contributed by atoms with E-state index >= 15 is 0 Å². The zero-order valence-electron chi connectivity index (χ0n) is 20.1. The van der Waals surface area contributed by atoms with E-state index in [4.69, 9.17) is 25.5 Å². The van der Waals surface area contributed by atoms with Gasteiger partial charge in [0.25, 0.3) is 5.91 Å². The van der Waals surface area contributed by atoms with Crippen LogP contribution in [-0.4, -0.2) is 31.1 Å². The number of fused-ring (bicyclic) bond motifs is 2.